The van der Waals surface area contributed by atoms with Crippen LogP contribution in [0.15, 0.2) is 70.5 Å². The minimum absolute atomic E-state index is 0.0365. The zero-order valence-electron chi connectivity index (χ0n) is 15.9. The normalized spacial score (nSPS) is 11.3. The molecule has 0 aliphatic rings. The summed E-state index contributed by atoms with van der Waals surface area (Å²) in [4.78, 5) is 15.4. The maximum Gasteiger partial charge on any atom is 0.280 e. The van der Waals surface area contributed by atoms with Crippen LogP contribution in [0.5, 0.6) is 0 Å². The Kier molecular flexibility index (Phi) is 5.24. The largest absolute Gasteiger partial charge is 0.456 e. The molecule has 2 aromatic carbocycles. The van der Waals surface area contributed by atoms with E-state index in [-0.39, 0.29) is 5.69 Å². The van der Waals surface area contributed by atoms with Crippen molar-refractivity contribution in [3.05, 3.63) is 92.5 Å². The van der Waals surface area contributed by atoms with Crippen molar-refractivity contribution in [1.82, 2.24) is 4.98 Å². The predicted molar refractivity (Wildman–Crippen MR) is 117 cm³/mol. The highest BCUT2D eigenvalue weighted by Crippen LogP contribution is 2.32. The van der Waals surface area contributed by atoms with Crippen molar-refractivity contribution in [1.29, 1.82) is 5.26 Å². The Morgan fingerprint density at radius 1 is 1.17 bits per heavy atom. The molecule has 2 aromatic heterocycles. The Hall–Kier alpha value is -4.02. The quantitative estimate of drug-likeness (QED) is 0.216. The Balaban J connectivity index is 1.64. The van der Waals surface area contributed by atoms with Gasteiger partial charge in [0.15, 0.2) is 0 Å². The molecule has 146 valence electrons. The number of nitro groups is 1. The summed E-state index contributed by atoms with van der Waals surface area (Å²) in [5, 5.41) is 23.4. The van der Waals surface area contributed by atoms with E-state index in [1.807, 2.05) is 36.6 Å². The van der Waals surface area contributed by atoms with E-state index in [1.165, 1.54) is 23.0 Å². The summed E-state index contributed by atoms with van der Waals surface area (Å²) in [5.41, 5.74) is 3.66. The summed E-state index contributed by atoms with van der Waals surface area (Å²) in [6, 6.07) is 19.9. The Morgan fingerprint density at radius 3 is 2.67 bits per heavy atom. The average Bonchev–Trinajstić information content (AvgIpc) is 3.42. The van der Waals surface area contributed by atoms with Gasteiger partial charge in [0.1, 0.15) is 22.6 Å². The Bertz CT molecular complexity index is 1290. The molecule has 0 radical (unpaired) electrons. The molecule has 2 heterocycles. The lowest BCUT2D eigenvalue weighted by Crippen LogP contribution is -1.90. The van der Waals surface area contributed by atoms with Gasteiger partial charge >= 0.3 is 0 Å². The molecule has 4 rings (SSSR count). The van der Waals surface area contributed by atoms with Gasteiger partial charge in [-0.2, -0.15) is 5.26 Å². The molecule has 0 saturated carbocycles. The summed E-state index contributed by atoms with van der Waals surface area (Å²) in [6.07, 6.45) is 1.59. The number of hydrogen-bond acceptors (Lipinski definition) is 6. The number of hydrogen-bond donors (Lipinski definition) is 0. The molecule has 0 fully saturated rings. The molecule has 30 heavy (non-hydrogen) atoms. The van der Waals surface area contributed by atoms with Crippen LogP contribution in [0.4, 0.5) is 5.69 Å². The maximum absolute atomic E-state index is 11.3. The zero-order valence-corrected chi connectivity index (χ0v) is 16.7. The third-order valence-corrected chi connectivity index (χ3v) is 5.36. The number of nitriles is 1. The third-order valence-electron chi connectivity index (χ3n) is 4.48. The summed E-state index contributed by atoms with van der Waals surface area (Å²) in [6.45, 7) is 2.02. The van der Waals surface area contributed by atoms with E-state index in [1.54, 1.807) is 36.4 Å². The number of nitro benzene ring substituents is 1. The van der Waals surface area contributed by atoms with Gasteiger partial charge in [0.2, 0.25) is 0 Å². The number of allylic oxidation sites excluding steroid dienone is 1. The smallest absolute Gasteiger partial charge is 0.280 e. The van der Waals surface area contributed by atoms with Crippen LogP contribution >= 0.6 is 11.3 Å². The number of para-hydroxylation sites is 1. The van der Waals surface area contributed by atoms with Crippen molar-refractivity contribution in [3.8, 4) is 28.7 Å². The standard InChI is InChI=1S/C23H15N3O3S/c1-15-6-8-16(9-7-15)20-14-30-23(25-20)17(13-24)12-18-10-11-22(29-18)19-4-2-3-5-21(19)26(27)28/h2-12,14H,1H3. The van der Waals surface area contributed by atoms with Gasteiger partial charge in [-0.1, -0.05) is 42.0 Å². The zero-order chi connectivity index (χ0) is 21.1. The van der Waals surface area contributed by atoms with Crippen LogP contribution in [0.1, 0.15) is 16.3 Å². The number of nitrogens with zero attached hydrogens (tertiary/aromatic N) is 3. The van der Waals surface area contributed by atoms with Gasteiger partial charge in [0.05, 0.1) is 21.8 Å². The van der Waals surface area contributed by atoms with Crippen LogP contribution in [-0.2, 0) is 0 Å². The Labute approximate surface area is 176 Å². The Morgan fingerprint density at radius 2 is 1.93 bits per heavy atom. The maximum atomic E-state index is 11.3. The summed E-state index contributed by atoms with van der Waals surface area (Å²) >= 11 is 1.38. The number of furan rings is 1. The van der Waals surface area contributed by atoms with Crippen molar-refractivity contribution in [2.45, 2.75) is 6.92 Å². The minimum Gasteiger partial charge on any atom is -0.456 e. The van der Waals surface area contributed by atoms with Gasteiger partial charge in [0.25, 0.3) is 5.69 Å². The topological polar surface area (TPSA) is 93.0 Å². The van der Waals surface area contributed by atoms with E-state index in [0.717, 1.165) is 11.3 Å². The van der Waals surface area contributed by atoms with Crippen molar-refractivity contribution >= 4 is 28.7 Å². The molecule has 0 N–H and O–H groups in total. The molecule has 0 bridgehead atoms. The first-order valence-electron chi connectivity index (χ1n) is 9.03. The van der Waals surface area contributed by atoms with Gasteiger partial charge < -0.3 is 4.42 Å². The molecule has 0 aliphatic carbocycles. The molecule has 0 amide bonds. The molecule has 0 atom stereocenters. The molecule has 0 aliphatic heterocycles. The molecule has 0 spiro atoms. The minimum atomic E-state index is -0.448. The lowest BCUT2D eigenvalue weighted by Gasteiger charge is -1.99. The highest BCUT2D eigenvalue weighted by Gasteiger charge is 2.17. The summed E-state index contributed by atoms with van der Waals surface area (Å²) in [7, 11) is 0. The van der Waals surface area contributed by atoms with Gasteiger partial charge in [-0.25, -0.2) is 4.98 Å². The van der Waals surface area contributed by atoms with Crippen LogP contribution < -0.4 is 0 Å². The van der Waals surface area contributed by atoms with E-state index in [0.29, 0.717) is 27.7 Å². The monoisotopic (exact) mass is 413 g/mol. The average molecular weight is 413 g/mol. The van der Waals surface area contributed by atoms with Gasteiger partial charge in [-0.05, 0) is 25.1 Å². The first kappa shape index (κ1) is 19.3. The molecular weight excluding hydrogens is 398 g/mol. The number of aromatic nitrogens is 1. The van der Waals surface area contributed by atoms with E-state index >= 15 is 0 Å². The number of aryl methyl sites for hydroxylation is 1. The van der Waals surface area contributed by atoms with Crippen molar-refractivity contribution in [2.24, 2.45) is 0 Å². The van der Waals surface area contributed by atoms with Crippen molar-refractivity contribution in [3.63, 3.8) is 0 Å². The fourth-order valence-corrected chi connectivity index (χ4v) is 3.75. The van der Waals surface area contributed by atoms with Crippen LogP contribution in [0.3, 0.4) is 0 Å². The third kappa shape index (κ3) is 3.90. The number of benzene rings is 2. The first-order valence-corrected chi connectivity index (χ1v) is 9.91. The first-order chi connectivity index (χ1) is 14.5. The second-order valence-electron chi connectivity index (χ2n) is 6.55. The highest BCUT2D eigenvalue weighted by atomic mass is 32.1. The van der Waals surface area contributed by atoms with Gasteiger partial charge in [0, 0.05) is 23.1 Å². The number of rotatable bonds is 5. The summed E-state index contributed by atoms with van der Waals surface area (Å²) in [5.74, 6) is 0.789. The summed E-state index contributed by atoms with van der Waals surface area (Å²) < 4.78 is 5.76. The second kappa shape index (κ2) is 8.15. The van der Waals surface area contributed by atoms with Crippen LogP contribution in [-0.4, -0.2) is 9.91 Å². The van der Waals surface area contributed by atoms with E-state index < -0.39 is 4.92 Å². The van der Waals surface area contributed by atoms with E-state index in [4.69, 9.17) is 4.42 Å². The number of thiazole rings is 1. The van der Waals surface area contributed by atoms with Crippen molar-refractivity contribution < 1.29 is 9.34 Å². The fraction of sp³-hybridized carbons (Fsp3) is 0.0435. The predicted octanol–water partition coefficient (Wildman–Crippen LogP) is 6.35. The van der Waals surface area contributed by atoms with Crippen LogP contribution in [0.25, 0.3) is 34.2 Å². The lowest BCUT2D eigenvalue weighted by molar-refractivity contribution is -0.384. The lowest BCUT2D eigenvalue weighted by atomic mass is 10.1. The molecule has 0 unspecified atom stereocenters. The molecule has 4 aromatic rings. The van der Waals surface area contributed by atoms with Crippen LogP contribution in [0.2, 0.25) is 0 Å². The van der Waals surface area contributed by atoms with Gasteiger partial charge in [-0.15, -0.1) is 11.3 Å². The van der Waals surface area contributed by atoms with Crippen molar-refractivity contribution in [2.75, 3.05) is 0 Å². The molecule has 6 nitrogen and oxygen atoms in total. The molecule has 0 saturated heterocycles. The second-order valence-corrected chi connectivity index (χ2v) is 7.41. The SMILES string of the molecule is Cc1ccc(-c2csc(C(C#N)=Cc3ccc(-c4ccccc4[N+](=O)[O-])o3)n2)cc1. The van der Waals surface area contributed by atoms with Crippen LogP contribution in [0, 0.1) is 28.4 Å². The van der Waals surface area contributed by atoms with E-state index in [9.17, 15) is 15.4 Å². The highest BCUT2D eigenvalue weighted by molar-refractivity contribution is 7.11. The fourth-order valence-electron chi connectivity index (χ4n) is 2.95. The van der Waals surface area contributed by atoms with E-state index in [2.05, 4.69) is 11.1 Å². The van der Waals surface area contributed by atoms with Gasteiger partial charge in [-0.3, -0.25) is 10.1 Å². The molecular formula is C23H15N3O3S. The molecule has 7 heteroatoms.